The first kappa shape index (κ1) is 14.6. The molecular weight excluding hydrogens is 296 g/mol. The minimum Gasteiger partial charge on any atom is -0.389 e. The van der Waals surface area contributed by atoms with Crippen LogP contribution in [0.1, 0.15) is 5.56 Å². The zero-order valence-corrected chi connectivity index (χ0v) is 12.2. The number of pyridine rings is 1. The third-order valence-corrected chi connectivity index (χ3v) is 3.67. The number of hydrogen-bond acceptors (Lipinski definition) is 5. The quantitative estimate of drug-likeness (QED) is 0.696. The molecule has 106 valence electrons. The topological polar surface area (TPSA) is 111 Å². The van der Waals surface area contributed by atoms with Crippen LogP contribution in [0.4, 0.5) is 5.82 Å². The molecule has 8 heteroatoms. The fraction of sp³-hybridized carbons (Fsp3) is 0.167. The van der Waals surface area contributed by atoms with Crippen molar-refractivity contribution < 1.29 is 8.42 Å². The first-order valence-corrected chi connectivity index (χ1v) is 7.93. The van der Waals surface area contributed by atoms with Gasteiger partial charge in [-0.15, -0.1) is 0 Å². The molecule has 0 aliphatic heterocycles. The highest BCUT2D eigenvalue weighted by molar-refractivity contribution is 7.89. The Morgan fingerprint density at radius 2 is 2.05 bits per heavy atom. The van der Waals surface area contributed by atoms with Gasteiger partial charge in [-0.3, -0.25) is 0 Å². The van der Waals surface area contributed by atoms with Crippen molar-refractivity contribution in [1.29, 1.82) is 0 Å². The number of nitrogens with one attached hydrogen (secondary N) is 1. The number of nitrogens with zero attached hydrogens (tertiary/aromatic N) is 1. The van der Waals surface area contributed by atoms with Crippen LogP contribution in [0, 0.1) is 0 Å². The number of thiocarbonyl (C=S) groups is 1. The molecule has 5 N–H and O–H groups in total. The smallest absolute Gasteiger partial charge is 0.210 e. The zero-order chi connectivity index (χ0) is 14.8. The minimum absolute atomic E-state index is 0.168. The van der Waals surface area contributed by atoms with Gasteiger partial charge >= 0.3 is 0 Å². The van der Waals surface area contributed by atoms with E-state index < -0.39 is 10.0 Å². The number of anilines is 1. The molecule has 0 aliphatic rings. The Morgan fingerprint density at radius 1 is 1.35 bits per heavy atom. The lowest BCUT2D eigenvalue weighted by Crippen LogP contribution is -2.22. The summed E-state index contributed by atoms with van der Waals surface area (Å²) in [5.41, 5.74) is 7.14. The van der Waals surface area contributed by atoms with Crippen LogP contribution < -0.4 is 16.2 Å². The molecule has 0 atom stereocenters. The molecule has 0 amide bonds. The molecule has 1 heterocycles. The van der Waals surface area contributed by atoms with E-state index in [2.05, 4.69) is 10.3 Å². The maximum absolute atomic E-state index is 10.9. The number of sulfonamides is 1. The van der Waals surface area contributed by atoms with Crippen molar-refractivity contribution >= 4 is 44.0 Å². The number of aromatic nitrogens is 1. The van der Waals surface area contributed by atoms with Gasteiger partial charge in [0.05, 0.1) is 11.3 Å². The summed E-state index contributed by atoms with van der Waals surface area (Å²) >= 11 is 5.03. The van der Waals surface area contributed by atoms with Crippen LogP contribution in [0.3, 0.4) is 0 Å². The summed E-state index contributed by atoms with van der Waals surface area (Å²) in [6.07, 6.45) is 0. The highest BCUT2D eigenvalue weighted by Crippen LogP contribution is 2.20. The molecule has 0 saturated heterocycles. The summed E-state index contributed by atoms with van der Waals surface area (Å²) in [5.74, 6) is 0.333. The second kappa shape index (κ2) is 5.70. The summed E-state index contributed by atoms with van der Waals surface area (Å²) in [4.78, 5) is 4.64. The number of rotatable bonds is 5. The summed E-state index contributed by atoms with van der Waals surface area (Å²) in [7, 11) is -3.50. The molecule has 2 aromatic rings. The normalized spacial score (nSPS) is 11.4. The average molecular weight is 310 g/mol. The molecule has 1 aromatic heterocycles. The Kier molecular flexibility index (Phi) is 4.17. The van der Waals surface area contributed by atoms with Gasteiger partial charge in [0, 0.05) is 17.5 Å². The fourth-order valence-corrected chi connectivity index (χ4v) is 2.35. The number of para-hydroxylation sites is 1. The number of primary sulfonamides is 1. The first-order valence-electron chi connectivity index (χ1n) is 5.81. The molecule has 1 aromatic carbocycles. The Morgan fingerprint density at radius 3 is 2.70 bits per heavy atom. The molecule has 6 nitrogen and oxygen atoms in total. The maximum atomic E-state index is 10.9. The maximum Gasteiger partial charge on any atom is 0.210 e. The van der Waals surface area contributed by atoms with Crippen LogP contribution in [0.2, 0.25) is 0 Å². The van der Waals surface area contributed by atoms with Crippen LogP contribution in [0.25, 0.3) is 10.9 Å². The predicted molar refractivity (Wildman–Crippen MR) is 84.1 cm³/mol. The third kappa shape index (κ3) is 3.62. The van der Waals surface area contributed by atoms with Crippen molar-refractivity contribution in [2.75, 3.05) is 17.6 Å². The Balaban J connectivity index is 2.33. The van der Waals surface area contributed by atoms with Gasteiger partial charge in [-0.25, -0.2) is 18.5 Å². The first-order chi connectivity index (χ1) is 9.37. The number of benzene rings is 1. The van der Waals surface area contributed by atoms with Crippen molar-refractivity contribution in [3.8, 4) is 0 Å². The molecule has 0 aliphatic carbocycles. The van der Waals surface area contributed by atoms with E-state index in [1.807, 2.05) is 24.3 Å². The lowest BCUT2D eigenvalue weighted by molar-refractivity contribution is 0.598. The van der Waals surface area contributed by atoms with E-state index in [4.69, 9.17) is 23.1 Å². The van der Waals surface area contributed by atoms with Crippen LogP contribution >= 0.6 is 12.2 Å². The molecule has 0 spiro atoms. The van der Waals surface area contributed by atoms with Gasteiger partial charge in [0.15, 0.2) is 0 Å². The molecule has 0 fully saturated rings. The summed E-state index contributed by atoms with van der Waals surface area (Å²) in [6.45, 7) is 0.168. The SMILES string of the molecule is NC(=S)c1cc(NCCS(N)(=O)=O)nc2ccccc12. The second-order valence-electron chi connectivity index (χ2n) is 4.23. The van der Waals surface area contributed by atoms with Crippen molar-refractivity contribution in [3.05, 3.63) is 35.9 Å². The monoisotopic (exact) mass is 310 g/mol. The molecule has 0 bridgehead atoms. The van der Waals surface area contributed by atoms with Crippen molar-refractivity contribution in [3.63, 3.8) is 0 Å². The van der Waals surface area contributed by atoms with Gasteiger partial charge in [0.2, 0.25) is 10.0 Å². The van der Waals surface area contributed by atoms with E-state index in [0.29, 0.717) is 11.4 Å². The van der Waals surface area contributed by atoms with E-state index >= 15 is 0 Å². The van der Waals surface area contributed by atoms with E-state index in [1.165, 1.54) is 0 Å². The Labute approximate surface area is 122 Å². The lowest BCUT2D eigenvalue weighted by Gasteiger charge is -2.10. The average Bonchev–Trinajstić information content (AvgIpc) is 2.36. The zero-order valence-electron chi connectivity index (χ0n) is 10.5. The van der Waals surface area contributed by atoms with Gasteiger partial charge in [-0.05, 0) is 12.1 Å². The van der Waals surface area contributed by atoms with Crippen LogP contribution in [0.15, 0.2) is 30.3 Å². The van der Waals surface area contributed by atoms with Gasteiger partial charge < -0.3 is 11.1 Å². The molecule has 20 heavy (non-hydrogen) atoms. The van der Waals surface area contributed by atoms with Crippen LogP contribution in [0.5, 0.6) is 0 Å². The number of hydrogen-bond donors (Lipinski definition) is 3. The summed E-state index contributed by atoms with van der Waals surface area (Å²) < 4.78 is 21.8. The van der Waals surface area contributed by atoms with Gasteiger partial charge in [0.1, 0.15) is 10.8 Å². The Bertz CT molecular complexity index is 759. The van der Waals surface area contributed by atoms with Gasteiger partial charge in [-0.2, -0.15) is 0 Å². The van der Waals surface area contributed by atoms with Crippen molar-refractivity contribution in [2.24, 2.45) is 10.9 Å². The van der Waals surface area contributed by atoms with Gasteiger partial charge in [0.25, 0.3) is 0 Å². The second-order valence-corrected chi connectivity index (χ2v) is 6.40. The van der Waals surface area contributed by atoms with E-state index in [1.54, 1.807) is 6.07 Å². The highest BCUT2D eigenvalue weighted by atomic mass is 32.2. The van der Waals surface area contributed by atoms with Gasteiger partial charge in [-0.1, -0.05) is 30.4 Å². The van der Waals surface area contributed by atoms with E-state index in [9.17, 15) is 8.42 Å². The number of fused-ring (bicyclic) bond motifs is 1. The van der Waals surface area contributed by atoms with Crippen LogP contribution in [-0.4, -0.2) is 30.7 Å². The van der Waals surface area contributed by atoms with Crippen molar-refractivity contribution in [1.82, 2.24) is 4.98 Å². The lowest BCUT2D eigenvalue weighted by atomic mass is 10.1. The molecule has 2 rings (SSSR count). The predicted octanol–water partition coefficient (Wildman–Crippen LogP) is 0.569. The largest absolute Gasteiger partial charge is 0.389 e. The highest BCUT2D eigenvalue weighted by Gasteiger charge is 2.08. The molecular formula is C12H14N4O2S2. The van der Waals surface area contributed by atoms with E-state index in [0.717, 1.165) is 10.9 Å². The molecule has 0 unspecified atom stereocenters. The Hall–Kier alpha value is -1.77. The standard InChI is InChI=1S/C12H14N4O2S2/c13-12(19)9-7-11(15-5-6-20(14,17)18)16-10-4-2-1-3-8(9)10/h1-4,7H,5-6H2,(H2,13,19)(H,15,16)(H2,14,17,18). The number of nitrogens with two attached hydrogens (primary N) is 2. The fourth-order valence-electron chi connectivity index (χ4n) is 1.79. The summed E-state index contributed by atoms with van der Waals surface area (Å²) in [5, 5.41) is 8.70. The van der Waals surface area contributed by atoms with Crippen molar-refractivity contribution in [2.45, 2.75) is 0 Å². The summed E-state index contributed by atoms with van der Waals surface area (Å²) in [6, 6.07) is 9.15. The molecule has 0 radical (unpaired) electrons. The minimum atomic E-state index is -3.50. The third-order valence-electron chi connectivity index (χ3n) is 2.67. The molecule has 0 saturated carbocycles. The van der Waals surface area contributed by atoms with E-state index in [-0.39, 0.29) is 17.3 Å². The van der Waals surface area contributed by atoms with Crippen LogP contribution in [-0.2, 0) is 10.0 Å².